The lowest BCUT2D eigenvalue weighted by Crippen LogP contribution is -3.14. The maximum absolute atomic E-state index is 13.0. The first kappa shape index (κ1) is 14.3. The van der Waals surface area contributed by atoms with Crippen molar-refractivity contribution in [2.75, 3.05) is 25.0 Å². The molecule has 1 saturated heterocycles. The highest BCUT2D eigenvalue weighted by Gasteiger charge is 2.21. The molecule has 0 spiro atoms. The quantitative estimate of drug-likeness (QED) is 0.871. The first-order valence-corrected chi connectivity index (χ1v) is 7.01. The van der Waals surface area contributed by atoms with Crippen LogP contribution in [0.3, 0.4) is 0 Å². The van der Waals surface area contributed by atoms with Crippen LogP contribution in [0.15, 0.2) is 18.2 Å². The third-order valence-corrected chi connectivity index (χ3v) is 3.88. The van der Waals surface area contributed by atoms with E-state index in [9.17, 15) is 9.18 Å². The van der Waals surface area contributed by atoms with Gasteiger partial charge in [-0.05, 0) is 37.0 Å². The number of halogens is 2. The number of carbonyl (C=O) groups is 1. The van der Waals surface area contributed by atoms with Gasteiger partial charge in [-0.25, -0.2) is 4.39 Å². The zero-order valence-electron chi connectivity index (χ0n) is 11.0. The van der Waals surface area contributed by atoms with Gasteiger partial charge in [0, 0.05) is 5.69 Å². The fourth-order valence-corrected chi connectivity index (χ4v) is 2.53. The van der Waals surface area contributed by atoms with E-state index in [4.69, 9.17) is 11.6 Å². The van der Waals surface area contributed by atoms with Crippen LogP contribution in [0.2, 0.25) is 5.02 Å². The highest BCUT2D eigenvalue weighted by atomic mass is 35.5. The zero-order valence-corrected chi connectivity index (χ0v) is 11.8. The van der Waals surface area contributed by atoms with Crippen LogP contribution in [-0.2, 0) is 4.79 Å². The Morgan fingerprint density at radius 2 is 2.16 bits per heavy atom. The van der Waals surface area contributed by atoms with E-state index in [1.165, 1.54) is 35.9 Å². The van der Waals surface area contributed by atoms with E-state index in [1.54, 1.807) is 0 Å². The van der Waals surface area contributed by atoms with Gasteiger partial charge < -0.3 is 10.2 Å². The van der Waals surface area contributed by atoms with Gasteiger partial charge in [-0.15, -0.1) is 0 Å². The zero-order chi connectivity index (χ0) is 13.8. The van der Waals surface area contributed by atoms with Gasteiger partial charge in [-0.3, -0.25) is 4.79 Å². The van der Waals surface area contributed by atoms with Crippen molar-refractivity contribution in [1.82, 2.24) is 0 Å². The standard InChI is InChI=1S/C14H18ClFN2O/c1-10-4-6-18(7-5-10)9-14(19)17-11-2-3-13(16)12(15)8-11/h2-3,8,10H,4-7,9H2,1H3,(H,17,19)/p+1. The molecule has 1 amide bonds. The number of nitrogens with one attached hydrogen (secondary N) is 2. The molecule has 0 atom stereocenters. The number of carbonyl (C=O) groups excluding carboxylic acids is 1. The molecule has 1 aliphatic heterocycles. The summed E-state index contributed by atoms with van der Waals surface area (Å²) >= 11 is 5.67. The fraction of sp³-hybridized carbons (Fsp3) is 0.500. The maximum Gasteiger partial charge on any atom is 0.279 e. The summed E-state index contributed by atoms with van der Waals surface area (Å²) < 4.78 is 13.0. The summed E-state index contributed by atoms with van der Waals surface area (Å²) in [4.78, 5) is 13.2. The summed E-state index contributed by atoms with van der Waals surface area (Å²) in [5.41, 5.74) is 0.543. The van der Waals surface area contributed by atoms with Gasteiger partial charge in [-0.1, -0.05) is 18.5 Å². The molecule has 0 saturated carbocycles. The summed E-state index contributed by atoms with van der Waals surface area (Å²) in [5.74, 6) is 0.241. The van der Waals surface area contributed by atoms with E-state index in [2.05, 4.69) is 12.2 Å². The number of hydrogen-bond donors (Lipinski definition) is 2. The molecule has 0 aromatic heterocycles. The molecule has 3 nitrogen and oxygen atoms in total. The molecule has 1 aromatic carbocycles. The fourth-order valence-electron chi connectivity index (χ4n) is 2.35. The van der Waals surface area contributed by atoms with Crippen molar-refractivity contribution in [1.29, 1.82) is 0 Å². The second kappa shape index (κ2) is 6.35. The summed E-state index contributed by atoms with van der Waals surface area (Å²) in [6.45, 7) is 4.79. The molecule has 0 radical (unpaired) electrons. The molecular formula is C14H19ClFN2O+. The third kappa shape index (κ3) is 4.18. The summed E-state index contributed by atoms with van der Waals surface area (Å²) in [7, 11) is 0. The highest BCUT2D eigenvalue weighted by Crippen LogP contribution is 2.19. The average molecular weight is 286 g/mol. The van der Waals surface area contributed by atoms with Gasteiger partial charge in [0.05, 0.1) is 18.1 Å². The molecule has 1 aromatic rings. The molecule has 0 bridgehead atoms. The van der Waals surface area contributed by atoms with Gasteiger partial charge in [-0.2, -0.15) is 0 Å². The molecule has 5 heteroatoms. The van der Waals surface area contributed by atoms with E-state index < -0.39 is 5.82 Å². The number of rotatable bonds is 3. The van der Waals surface area contributed by atoms with Crippen molar-refractivity contribution in [3.05, 3.63) is 29.0 Å². The van der Waals surface area contributed by atoms with Gasteiger partial charge in [0.1, 0.15) is 5.82 Å². The Balaban J connectivity index is 1.85. The van der Waals surface area contributed by atoms with Crippen LogP contribution in [0.25, 0.3) is 0 Å². The molecule has 1 fully saturated rings. The van der Waals surface area contributed by atoms with E-state index in [1.807, 2.05) is 0 Å². The minimum absolute atomic E-state index is 0.0249. The smallest absolute Gasteiger partial charge is 0.279 e. The number of benzene rings is 1. The van der Waals surface area contributed by atoms with Crippen molar-refractivity contribution in [2.45, 2.75) is 19.8 Å². The molecule has 1 aliphatic rings. The lowest BCUT2D eigenvalue weighted by molar-refractivity contribution is -0.897. The Morgan fingerprint density at radius 1 is 1.47 bits per heavy atom. The summed E-state index contributed by atoms with van der Waals surface area (Å²) in [5, 5.41) is 2.78. The topological polar surface area (TPSA) is 33.5 Å². The Bertz CT molecular complexity index is 459. The SMILES string of the molecule is CC1CC[NH+](CC(=O)Nc2ccc(F)c(Cl)c2)CC1. The Labute approximate surface area is 117 Å². The molecular weight excluding hydrogens is 267 g/mol. The predicted molar refractivity (Wildman–Crippen MR) is 74.0 cm³/mol. The Morgan fingerprint density at radius 3 is 2.79 bits per heavy atom. The van der Waals surface area contributed by atoms with Crippen LogP contribution in [0, 0.1) is 11.7 Å². The minimum Gasteiger partial charge on any atom is -0.327 e. The number of anilines is 1. The van der Waals surface area contributed by atoms with Crippen LogP contribution in [0.4, 0.5) is 10.1 Å². The van der Waals surface area contributed by atoms with Gasteiger partial charge in [0.15, 0.2) is 6.54 Å². The van der Waals surface area contributed by atoms with Crippen LogP contribution >= 0.6 is 11.6 Å². The number of amides is 1. The molecule has 1 heterocycles. The van der Waals surface area contributed by atoms with Crippen molar-refractivity contribution >= 4 is 23.2 Å². The first-order valence-electron chi connectivity index (χ1n) is 6.63. The lowest BCUT2D eigenvalue weighted by atomic mass is 9.99. The third-order valence-electron chi connectivity index (χ3n) is 3.60. The van der Waals surface area contributed by atoms with E-state index >= 15 is 0 Å². The Kier molecular flexibility index (Phi) is 4.77. The number of piperidine rings is 1. The van der Waals surface area contributed by atoms with Crippen LogP contribution < -0.4 is 10.2 Å². The Hall–Kier alpha value is -1.13. The van der Waals surface area contributed by atoms with Crippen LogP contribution in [0.5, 0.6) is 0 Å². The number of hydrogen-bond acceptors (Lipinski definition) is 1. The monoisotopic (exact) mass is 285 g/mol. The molecule has 0 unspecified atom stereocenters. The van der Waals surface area contributed by atoms with Crippen LogP contribution in [0.1, 0.15) is 19.8 Å². The van der Waals surface area contributed by atoms with E-state index in [-0.39, 0.29) is 10.9 Å². The molecule has 104 valence electrons. The second-order valence-electron chi connectivity index (χ2n) is 5.29. The van der Waals surface area contributed by atoms with E-state index in [0.717, 1.165) is 19.0 Å². The lowest BCUT2D eigenvalue weighted by Gasteiger charge is -2.26. The van der Waals surface area contributed by atoms with Crippen molar-refractivity contribution in [3.63, 3.8) is 0 Å². The normalized spacial score (nSPS) is 23.1. The largest absolute Gasteiger partial charge is 0.327 e. The maximum atomic E-state index is 13.0. The van der Waals surface area contributed by atoms with Gasteiger partial charge in [0.2, 0.25) is 0 Å². The molecule has 0 aliphatic carbocycles. The predicted octanol–water partition coefficient (Wildman–Crippen LogP) is 1.73. The second-order valence-corrected chi connectivity index (χ2v) is 5.69. The molecule has 2 N–H and O–H groups in total. The number of quaternary nitrogens is 1. The average Bonchev–Trinajstić information content (AvgIpc) is 2.37. The summed E-state index contributed by atoms with van der Waals surface area (Å²) in [6, 6.07) is 4.21. The molecule has 2 rings (SSSR count). The van der Waals surface area contributed by atoms with E-state index in [0.29, 0.717) is 12.2 Å². The summed E-state index contributed by atoms with van der Waals surface area (Å²) in [6.07, 6.45) is 2.34. The van der Waals surface area contributed by atoms with Crippen LogP contribution in [-0.4, -0.2) is 25.5 Å². The first-order chi connectivity index (χ1) is 9.04. The van der Waals surface area contributed by atoms with Crippen molar-refractivity contribution in [3.8, 4) is 0 Å². The van der Waals surface area contributed by atoms with Crippen molar-refractivity contribution in [2.24, 2.45) is 5.92 Å². The minimum atomic E-state index is -0.477. The molecule has 19 heavy (non-hydrogen) atoms. The van der Waals surface area contributed by atoms with Crippen molar-refractivity contribution < 1.29 is 14.1 Å². The highest BCUT2D eigenvalue weighted by molar-refractivity contribution is 6.31. The van der Waals surface area contributed by atoms with Gasteiger partial charge in [0.25, 0.3) is 5.91 Å². The van der Waals surface area contributed by atoms with Gasteiger partial charge >= 0.3 is 0 Å². The number of likely N-dealkylation sites (tertiary alicyclic amines) is 1.